The van der Waals surface area contributed by atoms with E-state index >= 15 is 0 Å². The zero-order valence-corrected chi connectivity index (χ0v) is 8.53. The maximum Gasteiger partial charge on any atom is 0.174 e. The van der Waals surface area contributed by atoms with E-state index in [0.717, 1.165) is 5.56 Å². The Bertz CT molecular complexity index is 229. The third-order valence-corrected chi connectivity index (χ3v) is 2.93. The molecule has 1 atom stereocenters. The highest BCUT2D eigenvalue weighted by atomic mass is 32.1. The number of hydrogen-bond acceptors (Lipinski definition) is 2. The second-order valence-corrected chi connectivity index (χ2v) is 4.12. The van der Waals surface area contributed by atoms with E-state index in [-0.39, 0.29) is 0 Å². The predicted octanol–water partition coefficient (Wildman–Crippen LogP) is 3.75. The van der Waals surface area contributed by atoms with Crippen molar-refractivity contribution in [1.82, 2.24) is 0 Å². The molecule has 0 spiro atoms. The Morgan fingerprint density at radius 3 is 2.83 bits per heavy atom. The fraction of sp³-hybridized carbons (Fsp3) is 0.600. The van der Waals surface area contributed by atoms with E-state index in [0.29, 0.717) is 11.0 Å². The summed E-state index contributed by atoms with van der Waals surface area (Å²) in [7, 11) is 0. The molecule has 1 aromatic rings. The highest BCUT2D eigenvalue weighted by molar-refractivity contribution is 7.11. The lowest BCUT2D eigenvalue weighted by molar-refractivity contribution is 0.475. The SMILES string of the molecule is CCCCC(C)c1ccsc1O. The molecular weight excluding hydrogens is 168 g/mol. The van der Waals surface area contributed by atoms with Gasteiger partial charge in [0.1, 0.15) is 0 Å². The van der Waals surface area contributed by atoms with Crippen LogP contribution in [0.2, 0.25) is 0 Å². The van der Waals surface area contributed by atoms with Crippen LogP contribution in [0.15, 0.2) is 11.4 Å². The van der Waals surface area contributed by atoms with Gasteiger partial charge in [0.25, 0.3) is 0 Å². The van der Waals surface area contributed by atoms with Crippen LogP contribution in [0.5, 0.6) is 5.06 Å². The Morgan fingerprint density at radius 1 is 1.58 bits per heavy atom. The third-order valence-electron chi connectivity index (χ3n) is 2.20. The van der Waals surface area contributed by atoms with Gasteiger partial charge in [0.15, 0.2) is 5.06 Å². The lowest BCUT2D eigenvalue weighted by Crippen LogP contribution is -1.90. The van der Waals surface area contributed by atoms with Crippen LogP contribution in [0, 0.1) is 0 Å². The summed E-state index contributed by atoms with van der Waals surface area (Å²) in [5.74, 6) is 0.510. The summed E-state index contributed by atoms with van der Waals surface area (Å²) in [4.78, 5) is 0. The van der Waals surface area contributed by atoms with Gasteiger partial charge in [0.05, 0.1) is 0 Å². The molecule has 1 rings (SSSR count). The molecule has 0 bridgehead atoms. The van der Waals surface area contributed by atoms with E-state index in [9.17, 15) is 5.11 Å². The average molecular weight is 184 g/mol. The molecule has 1 heterocycles. The normalized spacial score (nSPS) is 13.2. The largest absolute Gasteiger partial charge is 0.499 e. The van der Waals surface area contributed by atoms with Gasteiger partial charge >= 0.3 is 0 Å². The van der Waals surface area contributed by atoms with E-state index in [1.54, 1.807) is 0 Å². The fourth-order valence-electron chi connectivity index (χ4n) is 1.35. The van der Waals surface area contributed by atoms with E-state index in [4.69, 9.17) is 0 Å². The average Bonchev–Trinajstić information content (AvgIpc) is 2.47. The molecule has 0 aliphatic carbocycles. The zero-order chi connectivity index (χ0) is 8.97. The molecule has 1 N–H and O–H groups in total. The van der Waals surface area contributed by atoms with Crippen molar-refractivity contribution in [3.8, 4) is 5.06 Å². The number of thiophene rings is 1. The van der Waals surface area contributed by atoms with Crippen molar-refractivity contribution in [3.63, 3.8) is 0 Å². The maximum atomic E-state index is 9.44. The zero-order valence-electron chi connectivity index (χ0n) is 7.71. The summed E-state index contributed by atoms with van der Waals surface area (Å²) >= 11 is 1.42. The van der Waals surface area contributed by atoms with Crippen molar-refractivity contribution in [2.75, 3.05) is 0 Å². The molecular formula is C10H16OS. The molecule has 0 amide bonds. The van der Waals surface area contributed by atoms with Crippen LogP contribution in [-0.4, -0.2) is 5.11 Å². The molecule has 0 saturated carbocycles. The second-order valence-electron chi connectivity index (χ2n) is 3.22. The first-order chi connectivity index (χ1) is 5.75. The standard InChI is InChI=1S/C10H16OS/c1-3-4-5-8(2)9-6-7-12-10(9)11/h6-8,11H,3-5H2,1-2H3. The summed E-state index contributed by atoms with van der Waals surface area (Å²) in [6.45, 7) is 4.37. The number of unbranched alkanes of at least 4 members (excludes halogenated alkanes) is 1. The molecule has 0 radical (unpaired) electrons. The summed E-state index contributed by atoms with van der Waals surface area (Å²) in [6.07, 6.45) is 3.66. The molecule has 0 aromatic carbocycles. The van der Waals surface area contributed by atoms with Crippen LogP contribution < -0.4 is 0 Å². The highest BCUT2D eigenvalue weighted by Crippen LogP contribution is 2.33. The van der Waals surface area contributed by atoms with E-state index in [1.807, 2.05) is 11.4 Å². The summed E-state index contributed by atoms with van der Waals surface area (Å²) < 4.78 is 0. The Hall–Kier alpha value is -0.500. The molecule has 0 aliphatic heterocycles. The predicted molar refractivity (Wildman–Crippen MR) is 53.9 cm³/mol. The van der Waals surface area contributed by atoms with Gasteiger partial charge in [-0.3, -0.25) is 0 Å². The molecule has 1 nitrogen and oxygen atoms in total. The number of aromatic hydroxyl groups is 1. The van der Waals surface area contributed by atoms with E-state index in [2.05, 4.69) is 13.8 Å². The van der Waals surface area contributed by atoms with Gasteiger partial charge in [-0.2, -0.15) is 0 Å². The molecule has 0 aliphatic rings. The van der Waals surface area contributed by atoms with E-state index < -0.39 is 0 Å². The minimum Gasteiger partial charge on any atom is -0.499 e. The van der Waals surface area contributed by atoms with Gasteiger partial charge in [-0.15, -0.1) is 11.3 Å². The summed E-state index contributed by atoms with van der Waals surface area (Å²) in [6, 6.07) is 2.03. The van der Waals surface area contributed by atoms with Crippen LogP contribution in [0.25, 0.3) is 0 Å². The Balaban J connectivity index is 2.52. The van der Waals surface area contributed by atoms with Gasteiger partial charge < -0.3 is 5.11 Å². The molecule has 68 valence electrons. The van der Waals surface area contributed by atoms with Gasteiger partial charge in [-0.25, -0.2) is 0 Å². The number of hydrogen-bond donors (Lipinski definition) is 1. The minimum atomic E-state index is 0.499. The maximum absolute atomic E-state index is 9.44. The van der Waals surface area contributed by atoms with Crippen molar-refractivity contribution in [1.29, 1.82) is 0 Å². The second kappa shape index (κ2) is 4.51. The summed E-state index contributed by atoms with van der Waals surface area (Å²) in [5, 5.41) is 11.9. The first kappa shape index (κ1) is 9.59. The number of rotatable bonds is 4. The van der Waals surface area contributed by atoms with Crippen molar-refractivity contribution >= 4 is 11.3 Å². The van der Waals surface area contributed by atoms with Crippen LogP contribution in [-0.2, 0) is 0 Å². The van der Waals surface area contributed by atoms with Crippen molar-refractivity contribution in [3.05, 3.63) is 17.0 Å². The minimum absolute atomic E-state index is 0.499. The monoisotopic (exact) mass is 184 g/mol. The van der Waals surface area contributed by atoms with Crippen LogP contribution in [0.4, 0.5) is 0 Å². The van der Waals surface area contributed by atoms with E-state index in [1.165, 1.54) is 30.6 Å². The van der Waals surface area contributed by atoms with Gasteiger partial charge in [-0.05, 0) is 23.8 Å². The topological polar surface area (TPSA) is 20.2 Å². The molecule has 0 saturated heterocycles. The fourth-order valence-corrected chi connectivity index (χ4v) is 2.10. The highest BCUT2D eigenvalue weighted by Gasteiger charge is 2.10. The van der Waals surface area contributed by atoms with Gasteiger partial charge in [0.2, 0.25) is 0 Å². The smallest absolute Gasteiger partial charge is 0.174 e. The van der Waals surface area contributed by atoms with Crippen molar-refractivity contribution in [2.24, 2.45) is 0 Å². The first-order valence-corrected chi connectivity index (χ1v) is 5.40. The molecule has 1 unspecified atom stereocenters. The summed E-state index contributed by atoms with van der Waals surface area (Å²) in [5.41, 5.74) is 1.12. The molecule has 2 heteroatoms. The molecule has 1 aromatic heterocycles. The Kier molecular flexibility index (Phi) is 3.60. The molecule has 12 heavy (non-hydrogen) atoms. The molecule has 0 fully saturated rings. The van der Waals surface area contributed by atoms with Crippen LogP contribution in [0.3, 0.4) is 0 Å². The third kappa shape index (κ3) is 2.24. The van der Waals surface area contributed by atoms with Crippen LogP contribution >= 0.6 is 11.3 Å². The Morgan fingerprint density at radius 2 is 2.33 bits per heavy atom. The Labute approximate surface area is 78.1 Å². The van der Waals surface area contributed by atoms with Crippen molar-refractivity contribution in [2.45, 2.75) is 39.0 Å². The lowest BCUT2D eigenvalue weighted by Gasteiger charge is -2.08. The van der Waals surface area contributed by atoms with Gasteiger partial charge in [-0.1, -0.05) is 26.7 Å². The van der Waals surface area contributed by atoms with Crippen molar-refractivity contribution < 1.29 is 5.11 Å². The lowest BCUT2D eigenvalue weighted by atomic mass is 9.98. The first-order valence-electron chi connectivity index (χ1n) is 4.52. The van der Waals surface area contributed by atoms with Gasteiger partial charge in [0, 0.05) is 5.56 Å². The van der Waals surface area contributed by atoms with Crippen LogP contribution in [0.1, 0.15) is 44.6 Å². The quantitative estimate of drug-likeness (QED) is 0.755.